The first-order valence-electron chi connectivity index (χ1n) is 5.33. The molecule has 0 unspecified atom stereocenters. The van der Waals surface area contributed by atoms with Gasteiger partial charge in [-0.15, -0.1) is 0 Å². The molecule has 0 bridgehead atoms. The third kappa shape index (κ3) is 2.66. The average Bonchev–Trinajstić information content (AvgIpc) is 2.36. The number of halogens is 2. The summed E-state index contributed by atoms with van der Waals surface area (Å²) in [7, 11) is 0. The lowest BCUT2D eigenvalue weighted by Gasteiger charge is -2.13. The lowest BCUT2D eigenvalue weighted by atomic mass is 10.1. The van der Waals surface area contributed by atoms with Gasteiger partial charge in [0.1, 0.15) is 6.07 Å². The number of para-hydroxylation sites is 1. The number of nitrogens with one attached hydrogen (secondary N) is 1. The minimum atomic E-state index is 0.613. The summed E-state index contributed by atoms with van der Waals surface area (Å²) in [5.74, 6) is 0. The predicted octanol–water partition coefficient (Wildman–Crippen LogP) is 5.03. The van der Waals surface area contributed by atoms with Crippen molar-refractivity contribution in [2.45, 2.75) is 6.92 Å². The van der Waals surface area contributed by atoms with Crippen molar-refractivity contribution in [1.29, 1.82) is 5.26 Å². The number of anilines is 2. The Hall–Kier alpha value is -1.50. The zero-order chi connectivity index (χ0) is 13.1. The summed E-state index contributed by atoms with van der Waals surface area (Å²) < 4.78 is 0.902. The second-order valence-electron chi connectivity index (χ2n) is 3.86. The summed E-state index contributed by atoms with van der Waals surface area (Å²) in [6.07, 6.45) is 0. The van der Waals surface area contributed by atoms with Gasteiger partial charge in [-0.25, -0.2) is 0 Å². The fourth-order valence-electron chi connectivity index (χ4n) is 1.65. The summed E-state index contributed by atoms with van der Waals surface area (Å²) in [5, 5.41) is 13.0. The average molecular weight is 322 g/mol. The number of aryl methyl sites for hydroxylation is 1. The van der Waals surface area contributed by atoms with Gasteiger partial charge in [-0.3, -0.25) is 0 Å². The predicted molar refractivity (Wildman–Crippen MR) is 78.3 cm³/mol. The van der Waals surface area contributed by atoms with Crippen LogP contribution in [-0.4, -0.2) is 0 Å². The Morgan fingerprint density at radius 2 is 2.06 bits per heavy atom. The lowest BCUT2D eigenvalue weighted by molar-refractivity contribution is 1.39. The number of hydrogen-bond donors (Lipinski definition) is 1. The smallest absolute Gasteiger partial charge is 0.101 e. The highest BCUT2D eigenvalue weighted by Crippen LogP contribution is 2.31. The molecule has 18 heavy (non-hydrogen) atoms. The van der Waals surface area contributed by atoms with Crippen LogP contribution in [-0.2, 0) is 0 Å². The van der Waals surface area contributed by atoms with Crippen LogP contribution in [0.1, 0.15) is 11.1 Å². The molecule has 0 atom stereocenters. The van der Waals surface area contributed by atoms with Crippen LogP contribution >= 0.6 is 27.5 Å². The number of rotatable bonds is 2. The van der Waals surface area contributed by atoms with Gasteiger partial charge < -0.3 is 5.32 Å². The molecule has 2 aromatic rings. The fourth-order valence-corrected chi connectivity index (χ4v) is 2.17. The van der Waals surface area contributed by atoms with Crippen molar-refractivity contribution in [3.05, 3.63) is 57.0 Å². The van der Waals surface area contributed by atoms with Crippen molar-refractivity contribution in [2.75, 3.05) is 5.32 Å². The van der Waals surface area contributed by atoms with Crippen LogP contribution in [0.2, 0.25) is 5.02 Å². The van der Waals surface area contributed by atoms with Crippen LogP contribution in [0.15, 0.2) is 40.9 Å². The molecule has 90 valence electrons. The Balaban J connectivity index is 2.46. The number of hydrogen-bond acceptors (Lipinski definition) is 2. The molecule has 2 nitrogen and oxygen atoms in total. The first-order valence-corrected chi connectivity index (χ1v) is 6.50. The Kier molecular flexibility index (Phi) is 3.90. The molecule has 4 heteroatoms. The molecule has 0 fully saturated rings. The van der Waals surface area contributed by atoms with Crippen LogP contribution in [0.25, 0.3) is 0 Å². The topological polar surface area (TPSA) is 35.8 Å². The van der Waals surface area contributed by atoms with E-state index in [1.807, 2.05) is 31.2 Å². The van der Waals surface area contributed by atoms with E-state index in [9.17, 15) is 0 Å². The minimum absolute atomic E-state index is 0.613. The first-order chi connectivity index (χ1) is 8.61. The van der Waals surface area contributed by atoms with Gasteiger partial charge in [0, 0.05) is 9.50 Å². The number of nitriles is 1. The molecule has 0 aliphatic rings. The number of nitrogens with zero attached hydrogens (tertiary/aromatic N) is 1. The van der Waals surface area contributed by atoms with Gasteiger partial charge in [-0.2, -0.15) is 5.26 Å². The minimum Gasteiger partial charge on any atom is -0.353 e. The maximum Gasteiger partial charge on any atom is 0.101 e. The van der Waals surface area contributed by atoms with Crippen molar-refractivity contribution < 1.29 is 0 Å². The zero-order valence-electron chi connectivity index (χ0n) is 9.67. The van der Waals surface area contributed by atoms with E-state index in [-0.39, 0.29) is 0 Å². The zero-order valence-corrected chi connectivity index (χ0v) is 12.0. The maximum atomic E-state index is 9.12. The third-order valence-corrected chi connectivity index (χ3v) is 3.51. The molecule has 1 N–H and O–H groups in total. The van der Waals surface area contributed by atoms with Crippen LogP contribution in [0.5, 0.6) is 0 Å². The highest BCUT2D eigenvalue weighted by molar-refractivity contribution is 9.10. The van der Waals surface area contributed by atoms with E-state index in [2.05, 4.69) is 27.3 Å². The van der Waals surface area contributed by atoms with Gasteiger partial charge in [0.15, 0.2) is 0 Å². The largest absolute Gasteiger partial charge is 0.353 e. The van der Waals surface area contributed by atoms with Crippen LogP contribution in [0.3, 0.4) is 0 Å². The van der Waals surface area contributed by atoms with Crippen molar-refractivity contribution in [2.24, 2.45) is 0 Å². The number of benzene rings is 2. The maximum absolute atomic E-state index is 9.12. The normalized spacial score (nSPS) is 9.89. The molecule has 0 radical (unpaired) electrons. The van der Waals surface area contributed by atoms with E-state index in [4.69, 9.17) is 16.9 Å². The molecule has 0 heterocycles. The second kappa shape index (κ2) is 5.43. The van der Waals surface area contributed by atoms with Crippen LogP contribution < -0.4 is 5.32 Å². The molecule has 0 saturated heterocycles. The Labute approximate surface area is 119 Å². The second-order valence-corrected chi connectivity index (χ2v) is 5.15. The molecule has 2 rings (SSSR count). The standard InChI is InChI=1S/C14H10BrClN2/c1-9-3-2-4-10(8-17)14(9)18-13-7-11(16)5-6-12(13)15/h2-7,18H,1H3. The van der Waals surface area contributed by atoms with Gasteiger partial charge in [0.2, 0.25) is 0 Å². The summed E-state index contributed by atoms with van der Waals surface area (Å²) in [6, 6.07) is 13.3. The van der Waals surface area contributed by atoms with E-state index in [1.54, 1.807) is 12.1 Å². The molecule has 0 aliphatic carbocycles. The van der Waals surface area contributed by atoms with Gasteiger partial charge in [0.25, 0.3) is 0 Å². The SMILES string of the molecule is Cc1cccc(C#N)c1Nc1cc(Cl)ccc1Br. The highest BCUT2D eigenvalue weighted by atomic mass is 79.9. The van der Waals surface area contributed by atoms with Gasteiger partial charge >= 0.3 is 0 Å². The van der Waals surface area contributed by atoms with Crippen molar-refractivity contribution >= 4 is 38.9 Å². The summed E-state index contributed by atoms with van der Waals surface area (Å²) >= 11 is 9.43. The lowest BCUT2D eigenvalue weighted by Crippen LogP contribution is -1.97. The fraction of sp³-hybridized carbons (Fsp3) is 0.0714. The molecule has 0 spiro atoms. The molecule has 0 aliphatic heterocycles. The van der Waals surface area contributed by atoms with E-state index in [0.29, 0.717) is 10.6 Å². The van der Waals surface area contributed by atoms with E-state index < -0.39 is 0 Å². The quantitative estimate of drug-likeness (QED) is 0.842. The molecular weight excluding hydrogens is 312 g/mol. The third-order valence-electron chi connectivity index (χ3n) is 2.58. The van der Waals surface area contributed by atoms with Gasteiger partial charge in [0.05, 0.1) is 16.9 Å². The highest BCUT2D eigenvalue weighted by Gasteiger charge is 2.07. The summed E-state index contributed by atoms with van der Waals surface area (Å²) in [4.78, 5) is 0. The van der Waals surface area contributed by atoms with E-state index in [0.717, 1.165) is 21.4 Å². The Morgan fingerprint density at radius 1 is 1.28 bits per heavy atom. The molecule has 2 aromatic carbocycles. The monoisotopic (exact) mass is 320 g/mol. The molecule has 0 saturated carbocycles. The van der Waals surface area contributed by atoms with E-state index in [1.165, 1.54) is 0 Å². The van der Waals surface area contributed by atoms with Gasteiger partial charge in [-0.05, 0) is 52.7 Å². The molecular formula is C14H10BrClN2. The summed E-state index contributed by atoms with van der Waals surface area (Å²) in [5.41, 5.74) is 3.28. The Morgan fingerprint density at radius 3 is 2.78 bits per heavy atom. The summed E-state index contributed by atoms with van der Waals surface area (Å²) in [6.45, 7) is 1.96. The van der Waals surface area contributed by atoms with Gasteiger partial charge in [-0.1, -0.05) is 23.7 Å². The van der Waals surface area contributed by atoms with Crippen molar-refractivity contribution in [3.63, 3.8) is 0 Å². The van der Waals surface area contributed by atoms with Crippen LogP contribution in [0, 0.1) is 18.3 Å². The first kappa shape index (κ1) is 12.9. The van der Waals surface area contributed by atoms with E-state index >= 15 is 0 Å². The Bertz CT molecular complexity index is 632. The van der Waals surface area contributed by atoms with Crippen molar-refractivity contribution in [1.82, 2.24) is 0 Å². The van der Waals surface area contributed by atoms with Crippen LogP contribution in [0.4, 0.5) is 11.4 Å². The molecule has 0 amide bonds. The molecule has 0 aromatic heterocycles. The van der Waals surface area contributed by atoms with Crippen molar-refractivity contribution in [3.8, 4) is 6.07 Å².